The lowest BCUT2D eigenvalue weighted by Gasteiger charge is -2.37. The predicted molar refractivity (Wildman–Crippen MR) is 117 cm³/mol. The van der Waals surface area contributed by atoms with E-state index in [1.54, 1.807) is 0 Å². The first-order chi connectivity index (χ1) is 14.4. The van der Waals surface area contributed by atoms with Crippen LogP contribution in [0.25, 0.3) is 0 Å². The van der Waals surface area contributed by atoms with E-state index in [2.05, 4.69) is 13.8 Å². The maximum atomic E-state index is 13.2. The van der Waals surface area contributed by atoms with Gasteiger partial charge in [0.05, 0.1) is 6.04 Å². The molecule has 30 heavy (non-hydrogen) atoms. The smallest absolute Gasteiger partial charge is 0.228 e. The fraction of sp³-hybridized carbons (Fsp3) is 0.750. The molecule has 6 heteroatoms. The molecule has 1 saturated heterocycles. The van der Waals surface area contributed by atoms with Crippen LogP contribution < -0.4 is 4.90 Å². The molecule has 1 saturated carbocycles. The number of carbonyl (C=O) groups excluding carboxylic acids is 2. The van der Waals surface area contributed by atoms with Crippen LogP contribution in [0.4, 0.5) is 5.82 Å². The van der Waals surface area contributed by atoms with Gasteiger partial charge in [-0.05, 0) is 57.3 Å². The zero-order valence-corrected chi connectivity index (χ0v) is 18.8. The quantitative estimate of drug-likeness (QED) is 0.721. The number of aromatic nitrogens is 2. The van der Waals surface area contributed by atoms with Crippen molar-refractivity contribution in [1.29, 1.82) is 0 Å². The monoisotopic (exact) mass is 412 g/mol. The second-order valence-electron chi connectivity index (χ2n) is 9.82. The molecule has 0 N–H and O–H groups in total. The van der Waals surface area contributed by atoms with Crippen LogP contribution in [0.15, 0.2) is 0 Å². The molecule has 1 atom stereocenters. The predicted octanol–water partition coefficient (Wildman–Crippen LogP) is 4.35. The summed E-state index contributed by atoms with van der Waals surface area (Å²) in [5, 5.41) is 0. The Bertz CT molecular complexity index is 801. The number of rotatable bonds is 5. The molecule has 2 fully saturated rings. The summed E-state index contributed by atoms with van der Waals surface area (Å²) in [7, 11) is 0. The zero-order chi connectivity index (χ0) is 21.3. The molecule has 3 heterocycles. The summed E-state index contributed by atoms with van der Waals surface area (Å²) in [5.41, 5.74) is 2.06. The maximum Gasteiger partial charge on any atom is 0.228 e. The Hall–Kier alpha value is -1.98. The minimum atomic E-state index is -0.0606. The van der Waals surface area contributed by atoms with Crippen LogP contribution >= 0.6 is 0 Å². The van der Waals surface area contributed by atoms with Crippen LogP contribution in [0.3, 0.4) is 0 Å². The van der Waals surface area contributed by atoms with E-state index in [0.29, 0.717) is 37.6 Å². The molecule has 0 spiro atoms. The summed E-state index contributed by atoms with van der Waals surface area (Å²) >= 11 is 0. The van der Waals surface area contributed by atoms with Gasteiger partial charge in [-0.25, -0.2) is 9.97 Å². The lowest BCUT2D eigenvalue weighted by atomic mass is 9.97. The molecular weight excluding hydrogens is 376 g/mol. The van der Waals surface area contributed by atoms with Gasteiger partial charge in [0.25, 0.3) is 0 Å². The van der Waals surface area contributed by atoms with Gasteiger partial charge in [0.15, 0.2) is 5.82 Å². The summed E-state index contributed by atoms with van der Waals surface area (Å²) in [6.07, 6.45) is 9.84. The van der Waals surface area contributed by atoms with Crippen LogP contribution in [0, 0.1) is 18.8 Å². The lowest BCUT2D eigenvalue weighted by Crippen LogP contribution is -2.42. The van der Waals surface area contributed by atoms with Gasteiger partial charge in [-0.3, -0.25) is 14.5 Å². The van der Waals surface area contributed by atoms with Crippen molar-refractivity contribution in [3.05, 3.63) is 17.1 Å². The number of fused-ring (bicyclic) bond motifs is 1. The number of aryl methyl sites for hydroxylation is 1. The number of amides is 2. The molecule has 2 amide bonds. The van der Waals surface area contributed by atoms with E-state index < -0.39 is 0 Å². The highest BCUT2D eigenvalue weighted by Crippen LogP contribution is 2.36. The Morgan fingerprint density at radius 3 is 2.53 bits per heavy atom. The van der Waals surface area contributed by atoms with Gasteiger partial charge >= 0.3 is 0 Å². The molecule has 6 nitrogen and oxygen atoms in total. The van der Waals surface area contributed by atoms with Crippen LogP contribution in [0.2, 0.25) is 0 Å². The van der Waals surface area contributed by atoms with Crippen molar-refractivity contribution in [3.8, 4) is 0 Å². The maximum absolute atomic E-state index is 13.2. The average Bonchev–Trinajstić information content (AvgIpc) is 3.23. The van der Waals surface area contributed by atoms with Gasteiger partial charge in [0.2, 0.25) is 11.8 Å². The molecule has 164 valence electrons. The summed E-state index contributed by atoms with van der Waals surface area (Å²) in [6, 6.07) is -0.0606. The van der Waals surface area contributed by atoms with E-state index in [1.807, 2.05) is 16.7 Å². The third kappa shape index (κ3) is 4.37. The number of likely N-dealkylation sites (tertiary alicyclic amines) is 1. The third-order valence-electron chi connectivity index (χ3n) is 6.96. The molecule has 2 aliphatic heterocycles. The van der Waals surface area contributed by atoms with Crippen molar-refractivity contribution >= 4 is 17.6 Å². The first-order valence-corrected chi connectivity index (χ1v) is 11.9. The normalized spacial score (nSPS) is 22.7. The fourth-order valence-electron chi connectivity index (χ4n) is 5.38. The second kappa shape index (κ2) is 9.03. The van der Waals surface area contributed by atoms with Crippen molar-refractivity contribution in [1.82, 2.24) is 14.9 Å². The van der Waals surface area contributed by atoms with E-state index >= 15 is 0 Å². The first kappa shape index (κ1) is 21.3. The standard InChI is InChI=1S/C24H36N4O2/c1-16(2)15-28-21(29)12-11-19-17(3)25-23(26-24(19)28)20-10-6-7-13-27(20)22(30)14-18-8-4-5-9-18/h16,18,20H,4-15H2,1-3H3. The van der Waals surface area contributed by atoms with E-state index in [-0.39, 0.29) is 17.9 Å². The molecule has 1 aromatic heterocycles. The number of anilines is 1. The highest BCUT2D eigenvalue weighted by atomic mass is 16.2. The van der Waals surface area contributed by atoms with Gasteiger partial charge in [-0.15, -0.1) is 0 Å². The molecule has 1 aromatic rings. The Morgan fingerprint density at radius 1 is 1.07 bits per heavy atom. The number of hydrogen-bond donors (Lipinski definition) is 0. The topological polar surface area (TPSA) is 66.4 Å². The van der Waals surface area contributed by atoms with E-state index in [9.17, 15) is 9.59 Å². The van der Waals surface area contributed by atoms with Crippen LogP contribution in [0.1, 0.15) is 94.8 Å². The van der Waals surface area contributed by atoms with Crippen molar-refractivity contribution in [3.63, 3.8) is 0 Å². The van der Waals surface area contributed by atoms with Crippen LogP contribution in [-0.2, 0) is 16.0 Å². The van der Waals surface area contributed by atoms with Crippen molar-refractivity contribution in [2.24, 2.45) is 11.8 Å². The Morgan fingerprint density at radius 2 is 1.80 bits per heavy atom. The minimum absolute atomic E-state index is 0.0606. The summed E-state index contributed by atoms with van der Waals surface area (Å²) < 4.78 is 0. The Balaban J connectivity index is 1.63. The molecule has 0 aromatic carbocycles. The second-order valence-corrected chi connectivity index (χ2v) is 9.82. The lowest BCUT2D eigenvalue weighted by molar-refractivity contribution is -0.136. The third-order valence-corrected chi connectivity index (χ3v) is 6.96. The van der Waals surface area contributed by atoms with Gasteiger partial charge in [-0.2, -0.15) is 0 Å². The van der Waals surface area contributed by atoms with Crippen molar-refractivity contribution in [2.75, 3.05) is 18.0 Å². The van der Waals surface area contributed by atoms with Gasteiger partial charge < -0.3 is 4.90 Å². The summed E-state index contributed by atoms with van der Waals surface area (Å²) in [5.74, 6) is 2.85. The molecule has 0 radical (unpaired) electrons. The van der Waals surface area contributed by atoms with E-state index in [4.69, 9.17) is 9.97 Å². The molecular formula is C24H36N4O2. The Labute approximate surface area is 180 Å². The van der Waals surface area contributed by atoms with Gasteiger partial charge in [0.1, 0.15) is 5.82 Å². The highest BCUT2D eigenvalue weighted by Gasteiger charge is 2.34. The summed E-state index contributed by atoms with van der Waals surface area (Å²) in [6.45, 7) is 7.75. The van der Waals surface area contributed by atoms with Gasteiger partial charge in [-0.1, -0.05) is 26.7 Å². The molecule has 3 aliphatic rings. The van der Waals surface area contributed by atoms with Crippen molar-refractivity contribution < 1.29 is 9.59 Å². The highest BCUT2D eigenvalue weighted by molar-refractivity contribution is 5.95. The largest absolute Gasteiger partial charge is 0.332 e. The number of nitrogens with zero attached hydrogens (tertiary/aromatic N) is 4. The van der Waals surface area contributed by atoms with Crippen LogP contribution in [0.5, 0.6) is 0 Å². The number of piperidine rings is 1. The molecule has 1 aliphatic carbocycles. The number of carbonyl (C=O) groups is 2. The molecule has 1 unspecified atom stereocenters. The summed E-state index contributed by atoms with van der Waals surface area (Å²) in [4.78, 5) is 39.6. The molecule has 0 bridgehead atoms. The fourth-order valence-corrected chi connectivity index (χ4v) is 5.38. The minimum Gasteiger partial charge on any atom is -0.332 e. The Kier molecular flexibility index (Phi) is 6.40. The van der Waals surface area contributed by atoms with Crippen molar-refractivity contribution in [2.45, 2.75) is 91.0 Å². The van der Waals surface area contributed by atoms with Crippen LogP contribution in [-0.4, -0.2) is 39.8 Å². The SMILES string of the molecule is Cc1nc(C2CCCCN2C(=O)CC2CCCC2)nc2c1CCC(=O)N2CC(C)C. The zero-order valence-electron chi connectivity index (χ0n) is 18.8. The molecule has 4 rings (SSSR count). The average molecular weight is 413 g/mol. The number of hydrogen-bond acceptors (Lipinski definition) is 4. The first-order valence-electron chi connectivity index (χ1n) is 11.9. The van der Waals surface area contributed by atoms with E-state index in [1.165, 1.54) is 25.7 Å². The van der Waals surface area contributed by atoms with Gasteiger partial charge in [0, 0.05) is 37.2 Å². The van der Waals surface area contributed by atoms with E-state index in [0.717, 1.165) is 48.7 Å².